The van der Waals surface area contributed by atoms with Crippen LogP contribution in [0.2, 0.25) is 0 Å². The number of para-hydroxylation sites is 1. The summed E-state index contributed by atoms with van der Waals surface area (Å²) in [6, 6.07) is 7.88. The number of nitrogens with zero attached hydrogens (tertiary/aromatic N) is 2. The smallest absolute Gasteiger partial charge is 0.337 e. The molecule has 1 aromatic carbocycles. The fraction of sp³-hybridized carbons (Fsp3) is 0.533. The van der Waals surface area contributed by atoms with E-state index in [4.69, 9.17) is 0 Å². The number of aromatic carboxylic acids is 1. The molecule has 0 aliphatic carbocycles. The normalized spacial score (nSPS) is 18.3. The topological polar surface area (TPSA) is 43.8 Å². The van der Waals surface area contributed by atoms with Crippen LogP contribution in [0, 0.1) is 0 Å². The molecule has 1 aliphatic heterocycles. The van der Waals surface area contributed by atoms with Gasteiger partial charge in [0.15, 0.2) is 0 Å². The van der Waals surface area contributed by atoms with Gasteiger partial charge in [-0.3, -0.25) is 4.90 Å². The van der Waals surface area contributed by atoms with Crippen molar-refractivity contribution in [3.63, 3.8) is 0 Å². The summed E-state index contributed by atoms with van der Waals surface area (Å²) < 4.78 is 0. The minimum atomic E-state index is -0.847. The molecule has 4 heteroatoms. The molecule has 0 aromatic heterocycles. The first kappa shape index (κ1) is 13.9. The van der Waals surface area contributed by atoms with Gasteiger partial charge in [-0.2, -0.15) is 0 Å². The van der Waals surface area contributed by atoms with Crippen LogP contribution in [0.4, 0.5) is 5.69 Å². The van der Waals surface area contributed by atoms with Gasteiger partial charge in [-0.25, -0.2) is 4.79 Å². The van der Waals surface area contributed by atoms with Crippen LogP contribution in [0.5, 0.6) is 0 Å². The van der Waals surface area contributed by atoms with Gasteiger partial charge in [-0.1, -0.05) is 19.1 Å². The van der Waals surface area contributed by atoms with Gasteiger partial charge in [-0.15, -0.1) is 0 Å². The predicted molar refractivity (Wildman–Crippen MR) is 76.9 cm³/mol. The number of benzene rings is 1. The van der Waals surface area contributed by atoms with E-state index in [9.17, 15) is 9.90 Å². The second-order valence-corrected chi connectivity index (χ2v) is 5.10. The van der Waals surface area contributed by atoms with Crippen LogP contribution in [0.15, 0.2) is 24.3 Å². The van der Waals surface area contributed by atoms with Crippen molar-refractivity contribution in [3.05, 3.63) is 29.8 Å². The third-order valence-electron chi connectivity index (χ3n) is 4.00. The SMILES string of the molecule is CCC(C)N1CCN(c2ccccc2C(=O)O)CC1. The maximum absolute atomic E-state index is 11.2. The fourth-order valence-corrected chi connectivity index (χ4v) is 2.59. The van der Waals surface area contributed by atoms with E-state index in [0.717, 1.165) is 38.3 Å². The van der Waals surface area contributed by atoms with Gasteiger partial charge in [0.1, 0.15) is 0 Å². The number of carbonyl (C=O) groups is 1. The van der Waals surface area contributed by atoms with Gasteiger partial charge < -0.3 is 10.0 Å². The van der Waals surface area contributed by atoms with Gasteiger partial charge >= 0.3 is 5.97 Å². The van der Waals surface area contributed by atoms with Crippen molar-refractivity contribution in [2.75, 3.05) is 31.1 Å². The first-order chi connectivity index (χ1) is 9.13. The standard InChI is InChI=1S/C15H22N2O2/c1-3-12(2)16-8-10-17(11-9-16)14-7-5-4-6-13(14)15(18)19/h4-7,12H,3,8-11H2,1-2H3,(H,18,19). The average molecular weight is 262 g/mol. The quantitative estimate of drug-likeness (QED) is 0.904. The van der Waals surface area contributed by atoms with Crippen LogP contribution < -0.4 is 4.90 Å². The van der Waals surface area contributed by atoms with Gasteiger partial charge in [0.05, 0.1) is 11.3 Å². The van der Waals surface area contributed by atoms with Crippen LogP contribution in [0.25, 0.3) is 0 Å². The van der Waals surface area contributed by atoms with Crippen LogP contribution >= 0.6 is 0 Å². The number of piperazine rings is 1. The Hall–Kier alpha value is -1.55. The first-order valence-corrected chi connectivity index (χ1v) is 6.94. The molecule has 1 atom stereocenters. The van der Waals surface area contributed by atoms with Crippen molar-refractivity contribution in [3.8, 4) is 0 Å². The number of rotatable bonds is 4. The monoisotopic (exact) mass is 262 g/mol. The number of carboxylic acid groups (broad SMARTS) is 1. The number of anilines is 1. The summed E-state index contributed by atoms with van der Waals surface area (Å²) in [5, 5.41) is 9.24. The zero-order valence-corrected chi connectivity index (χ0v) is 11.7. The maximum atomic E-state index is 11.2. The van der Waals surface area contributed by atoms with Crippen molar-refractivity contribution >= 4 is 11.7 Å². The lowest BCUT2D eigenvalue weighted by molar-refractivity contribution is 0.0697. The van der Waals surface area contributed by atoms with Gasteiger partial charge in [0, 0.05) is 32.2 Å². The molecule has 0 spiro atoms. The van der Waals surface area contributed by atoms with Crippen molar-refractivity contribution in [2.24, 2.45) is 0 Å². The molecule has 19 heavy (non-hydrogen) atoms. The summed E-state index contributed by atoms with van der Waals surface area (Å²) in [6.45, 7) is 8.26. The highest BCUT2D eigenvalue weighted by molar-refractivity contribution is 5.94. The lowest BCUT2D eigenvalue weighted by Gasteiger charge is -2.39. The van der Waals surface area contributed by atoms with Crippen molar-refractivity contribution in [1.29, 1.82) is 0 Å². The lowest BCUT2D eigenvalue weighted by Crippen LogP contribution is -2.49. The summed E-state index contributed by atoms with van der Waals surface area (Å²) in [4.78, 5) is 15.9. The number of hydrogen-bond acceptors (Lipinski definition) is 3. The average Bonchev–Trinajstić information content (AvgIpc) is 2.46. The Morgan fingerprint density at radius 2 is 1.89 bits per heavy atom. The number of hydrogen-bond donors (Lipinski definition) is 1. The van der Waals surface area contributed by atoms with Crippen molar-refractivity contribution in [1.82, 2.24) is 4.90 Å². The molecule has 1 aromatic rings. The Morgan fingerprint density at radius 3 is 2.47 bits per heavy atom. The van der Waals surface area contributed by atoms with Crippen molar-refractivity contribution < 1.29 is 9.90 Å². The summed E-state index contributed by atoms with van der Waals surface area (Å²) >= 11 is 0. The Balaban J connectivity index is 2.08. The largest absolute Gasteiger partial charge is 0.478 e. The fourth-order valence-electron chi connectivity index (χ4n) is 2.59. The molecule has 1 unspecified atom stereocenters. The van der Waals surface area contributed by atoms with E-state index in [0.29, 0.717) is 11.6 Å². The molecule has 1 heterocycles. The highest BCUT2D eigenvalue weighted by Gasteiger charge is 2.22. The predicted octanol–water partition coefficient (Wildman–Crippen LogP) is 2.31. The Morgan fingerprint density at radius 1 is 1.26 bits per heavy atom. The highest BCUT2D eigenvalue weighted by atomic mass is 16.4. The van der Waals surface area contributed by atoms with Gasteiger partial charge in [0.2, 0.25) is 0 Å². The summed E-state index contributed by atoms with van der Waals surface area (Å²) in [5.41, 5.74) is 1.25. The lowest BCUT2D eigenvalue weighted by atomic mass is 10.1. The van der Waals surface area contributed by atoms with Gasteiger partial charge in [0.25, 0.3) is 0 Å². The molecule has 1 aliphatic rings. The Labute approximate surface area is 114 Å². The van der Waals surface area contributed by atoms with Crippen LogP contribution in [-0.4, -0.2) is 48.2 Å². The third-order valence-corrected chi connectivity index (χ3v) is 4.00. The minimum Gasteiger partial charge on any atom is -0.478 e. The van der Waals surface area contributed by atoms with Crippen LogP contribution in [0.1, 0.15) is 30.6 Å². The van der Waals surface area contributed by atoms with Crippen molar-refractivity contribution in [2.45, 2.75) is 26.3 Å². The summed E-state index contributed by atoms with van der Waals surface area (Å²) in [5.74, 6) is -0.847. The second-order valence-electron chi connectivity index (χ2n) is 5.10. The first-order valence-electron chi connectivity index (χ1n) is 6.94. The molecular formula is C15H22N2O2. The molecule has 0 radical (unpaired) electrons. The molecule has 4 nitrogen and oxygen atoms in total. The maximum Gasteiger partial charge on any atom is 0.337 e. The van der Waals surface area contributed by atoms with E-state index in [1.54, 1.807) is 12.1 Å². The summed E-state index contributed by atoms with van der Waals surface area (Å²) in [6.07, 6.45) is 1.16. The molecule has 0 amide bonds. The zero-order chi connectivity index (χ0) is 13.8. The zero-order valence-electron chi connectivity index (χ0n) is 11.7. The Bertz CT molecular complexity index is 440. The van der Waals surface area contributed by atoms with E-state index >= 15 is 0 Å². The van der Waals surface area contributed by atoms with E-state index in [1.807, 2.05) is 12.1 Å². The molecule has 0 bridgehead atoms. The van der Waals surface area contributed by atoms with E-state index in [-0.39, 0.29) is 0 Å². The van der Waals surface area contributed by atoms with Crippen LogP contribution in [0.3, 0.4) is 0 Å². The molecule has 1 N–H and O–H groups in total. The highest BCUT2D eigenvalue weighted by Crippen LogP contribution is 2.22. The van der Waals surface area contributed by atoms with E-state index < -0.39 is 5.97 Å². The molecular weight excluding hydrogens is 240 g/mol. The molecule has 1 fully saturated rings. The molecule has 0 saturated carbocycles. The second kappa shape index (κ2) is 6.06. The number of carboxylic acids is 1. The molecule has 2 rings (SSSR count). The molecule has 1 saturated heterocycles. The van der Waals surface area contributed by atoms with E-state index in [2.05, 4.69) is 23.6 Å². The van der Waals surface area contributed by atoms with E-state index in [1.165, 1.54) is 0 Å². The minimum absolute atomic E-state index is 0.402. The third kappa shape index (κ3) is 3.07. The Kier molecular flexibility index (Phi) is 4.43. The van der Waals surface area contributed by atoms with Crippen LogP contribution in [-0.2, 0) is 0 Å². The van der Waals surface area contributed by atoms with Gasteiger partial charge in [-0.05, 0) is 25.5 Å². The molecule has 104 valence electrons. The summed E-state index contributed by atoms with van der Waals surface area (Å²) in [7, 11) is 0.